The molecule has 0 saturated heterocycles. The Labute approximate surface area is 230 Å². The summed E-state index contributed by atoms with van der Waals surface area (Å²) in [6.07, 6.45) is 9.68. The molecule has 2 aromatic rings. The van der Waals surface area contributed by atoms with E-state index in [9.17, 15) is 9.90 Å². The minimum absolute atomic E-state index is 0. The maximum atomic E-state index is 11.0. The van der Waals surface area contributed by atoms with Gasteiger partial charge < -0.3 is 19.5 Å². The zero-order chi connectivity index (χ0) is 23.4. The molecule has 0 atom stereocenters. The van der Waals surface area contributed by atoms with Crippen LogP contribution in [0.4, 0.5) is 5.13 Å². The molecule has 0 amide bonds. The van der Waals surface area contributed by atoms with Crippen LogP contribution in [-0.4, -0.2) is 29.6 Å². The molecule has 4 rings (SSSR count). The maximum Gasteiger partial charge on any atom is 1.00 e. The van der Waals surface area contributed by atoms with Gasteiger partial charge >= 0.3 is 29.6 Å². The van der Waals surface area contributed by atoms with E-state index in [0.29, 0.717) is 24.1 Å². The summed E-state index contributed by atoms with van der Waals surface area (Å²) in [5, 5.41) is 14.0. The molecule has 7 heteroatoms. The van der Waals surface area contributed by atoms with Crippen molar-refractivity contribution in [3.05, 3.63) is 29.6 Å². The molecule has 34 heavy (non-hydrogen) atoms. The summed E-state index contributed by atoms with van der Waals surface area (Å²) in [6, 6.07) is 8.64. The number of carbonyl (C=O) groups is 1. The number of aromatic nitrogens is 1. The second-order valence-corrected chi connectivity index (χ2v) is 11.6. The van der Waals surface area contributed by atoms with E-state index in [4.69, 9.17) is 9.72 Å². The fraction of sp³-hybridized carbons (Fsp3) is 0.630. The number of aliphatic carboxylic acids is 1. The van der Waals surface area contributed by atoms with Gasteiger partial charge in [-0.1, -0.05) is 33.6 Å². The molecule has 0 radical (unpaired) electrons. The van der Waals surface area contributed by atoms with Crippen molar-refractivity contribution < 1.29 is 44.2 Å². The number of benzene rings is 1. The second kappa shape index (κ2) is 12.2. The summed E-state index contributed by atoms with van der Waals surface area (Å²) >= 11 is 1.60. The van der Waals surface area contributed by atoms with Gasteiger partial charge in [0, 0.05) is 35.9 Å². The molecular formula is C27H37N2NaO3S. The van der Waals surface area contributed by atoms with Crippen LogP contribution in [0.2, 0.25) is 0 Å². The maximum absolute atomic E-state index is 11.0. The predicted molar refractivity (Wildman–Crippen MR) is 133 cm³/mol. The number of carbonyl (C=O) groups excluding carboxylic acids is 1. The van der Waals surface area contributed by atoms with Gasteiger partial charge in [0.15, 0.2) is 5.13 Å². The summed E-state index contributed by atoms with van der Waals surface area (Å²) in [4.78, 5) is 18.1. The van der Waals surface area contributed by atoms with Gasteiger partial charge in [-0.2, -0.15) is 0 Å². The molecule has 2 aliphatic carbocycles. The first-order chi connectivity index (χ1) is 15.8. The summed E-state index contributed by atoms with van der Waals surface area (Å²) in [5.41, 5.74) is 2.38. The van der Waals surface area contributed by atoms with Gasteiger partial charge in [-0.25, -0.2) is 4.98 Å². The zero-order valence-corrected chi connectivity index (χ0v) is 24.0. The number of carboxylic acid groups (broad SMARTS) is 1. The molecule has 0 spiro atoms. The fourth-order valence-electron chi connectivity index (χ4n) is 5.33. The van der Waals surface area contributed by atoms with Crippen LogP contribution in [0.1, 0.15) is 78.6 Å². The van der Waals surface area contributed by atoms with Gasteiger partial charge in [-0.3, -0.25) is 0 Å². The number of carboxylic acids is 1. The molecule has 5 nitrogen and oxygen atoms in total. The third-order valence-electron chi connectivity index (χ3n) is 7.41. The van der Waals surface area contributed by atoms with Gasteiger partial charge in [0.25, 0.3) is 0 Å². The largest absolute Gasteiger partial charge is 1.00 e. The number of hydrogen-bond acceptors (Lipinski definition) is 6. The SMILES string of the molecule is CC(C)(C)[C@H]1CC[C@H](Oc2ccc(-c3csc(N(CCC(=O)[O-])C4CCCC4)n3)cc2)CC1.[Na+]. The Bertz CT molecular complexity index is 911. The third-order valence-corrected chi connectivity index (χ3v) is 8.29. The number of hydrogen-bond donors (Lipinski definition) is 0. The van der Waals surface area contributed by atoms with Crippen LogP contribution in [0.3, 0.4) is 0 Å². The molecule has 0 unspecified atom stereocenters. The summed E-state index contributed by atoms with van der Waals surface area (Å²) in [5.74, 6) is 0.710. The van der Waals surface area contributed by atoms with Crippen molar-refractivity contribution in [3.8, 4) is 17.0 Å². The number of ether oxygens (including phenoxy) is 1. The molecule has 1 aromatic heterocycles. The monoisotopic (exact) mass is 492 g/mol. The molecule has 2 saturated carbocycles. The van der Waals surface area contributed by atoms with Crippen molar-refractivity contribution >= 4 is 22.4 Å². The number of anilines is 1. The van der Waals surface area contributed by atoms with E-state index in [-0.39, 0.29) is 36.0 Å². The van der Waals surface area contributed by atoms with E-state index in [1.54, 1.807) is 11.3 Å². The van der Waals surface area contributed by atoms with E-state index < -0.39 is 5.97 Å². The quantitative estimate of drug-likeness (QED) is 0.530. The van der Waals surface area contributed by atoms with Crippen molar-refractivity contribution in [3.63, 3.8) is 0 Å². The van der Waals surface area contributed by atoms with Crippen LogP contribution < -0.4 is 44.3 Å². The number of rotatable bonds is 8. The van der Waals surface area contributed by atoms with Gasteiger partial charge in [0.05, 0.1) is 11.8 Å². The molecular weight excluding hydrogens is 455 g/mol. The van der Waals surface area contributed by atoms with Crippen LogP contribution in [-0.2, 0) is 4.79 Å². The molecule has 0 N–H and O–H groups in total. The molecule has 2 fully saturated rings. The standard InChI is InChI=1S/C27H38N2O3S.Na/c1-27(2,3)20-10-14-23(15-11-20)32-22-12-8-19(9-13-22)24-18-33-26(28-24)29(17-16-25(30)31)21-6-4-5-7-21;/h8-9,12-13,18,20-21,23H,4-7,10-11,14-17H2,1-3H3,(H,30,31);/q;+1/p-1/t20-,23-;. The Kier molecular flexibility index (Phi) is 9.91. The second-order valence-electron chi connectivity index (χ2n) is 10.8. The van der Waals surface area contributed by atoms with E-state index in [1.807, 2.05) is 0 Å². The van der Waals surface area contributed by atoms with Crippen molar-refractivity contribution in [2.45, 2.75) is 90.7 Å². The smallest absolute Gasteiger partial charge is 0.550 e. The van der Waals surface area contributed by atoms with Gasteiger partial charge in [0.2, 0.25) is 0 Å². The third kappa shape index (κ3) is 7.22. The molecule has 180 valence electrons. The molecule has 0 aliphatic heterocycles. The Morgan fingerprint density at radius 3 is 2.32 bits per heavy atom. The Balaban J connectivity index is 0.00000324. The zero-order valence-electron chi connectivity index (χ0n) is 21.2. The first-order valence-electron chi connectivity index (χ1n) is 12.5. The Morgan fingerprint density at radius 2 is 1.74 bits per heavy atom. The fourth-order valence-corrected chi connectivity index (χ4v) is 6.27. The first kappa shape index (κ1) is 27.5. The van der Waals surface area contributed by atoms with Gasteiger partial charge in [0.1, 0.15) is 5.75 Å². The van der Waals surface area contributed by atoms with Crippen molar-refractivity contribution in [2.75, 3.05) is 11.4 Å². The van der Waals surface area contributed by atoms with Crippen LogP contribution in [0, 0.1) is 11.3 Å². The normalized spacial score (nSPS) is 21.1. The minimum atomic E-state index is -1.00. The Hall–Kier alpha value is -1.08. The van der Waals surface area contributed by atoms with Crippen molar-refractivity contribution in [2.24, 2.45) is 11.3 Å². The van der Waals surface area contributed by atoms with Crippen molar-refractivity contribution in [1.82, 2.24) is 4.98 Å². The van der Waals surface area contributed by atoms with Crippen LogP contribution >= 0.6 is 11.3 Å². The van der Waals surface area contributed by atoms with E-state index in [2.05, 4.69) is 55.3 Å². The first-order valence-corrected chi connectivity index (χ1v) is 13.4. The van der Waals surface area contributed by atoms with Gasteiger partial charge in [-0.15, -0.1) is 11.3 Å². The summed E-state index contributed by atoms with van der Waals surface area (Å²) < 4.78 is 6.28. The van der Waals surface area contributed by atoms with E-state index in [1.165, 1.54) is 25.7 Å². The summed E-state index contributed by atoms with van der Waals surface area (Å²) in [7, 11) is 0. The molecule has 2 aliphatic rings. The average molecular weight is 493 g/mol. The topological polar surface area (TPSA) is 65.5 Å². The molecule has 0 bridgehead atoms. The summed E-state index contributed by atoms with van der Waals surface area (Å²) in [6.45, 7) is 7.50. The van der Waals surface area contributed by atoms with Crippen LogP contribution in [0.15, 0.2) is 29.6 Å². The minimum Gasteiger partial charge on any atom is -0.550 e. The molecule has 1 aromatic carbocycles. The van der Waals surface area contributed by atoms with Gasteiger partial charge in [-0.05, 0) is 74.1 Å². The molecule has 1 heterocycles. The number of nitrogens with zero attached hydrogens (tertiary/aromatic N) is 2. The van der Waals surface area contributed by atoms with E-state index >= 15 is 0 Å². The Morgan fingerprint density at radius 1 is 1.09 bits per heavy atom. The van der Waals surface area contributed by atoms with E-state index in [0.717, 1.165) is 53.7 Å². The predicted octanol–water partition coefficient (Wildman–Crippen LogP) is 2.69. The number of thiazole rings is 1. The van der Waals surface area contributed by atoms with Crippen LogP contribution in [0.25, 0.3) is 11.3 Å². The van der Waals surface area contributed by atoms with Crippen LogP contribution in [0.5, 0.6) is 5.75 Å². The van der Waals surface area contributed by atoms with Crippen molar-refractivity contribution in [1.29, 1.82) is 0 Å². The average Bonchev–Trinajstić information content (AvgIpc) is 3.47.